The van der Waals surface area contributed by atoms with E-state index in [9.17, 15) is 18.7 Å². The summed E-state index contributed by atoms with van der Waals surface area (Å²) >= 11 is 0. The number of primary amides is 1. The van der Waals surface area contributed by atoms with Crippen molar-refractivity contribution in [3.8, 4) is 17.0 Å². The van der Waals surface area contributed by atoms with Gasteiger partial charge in [-0.25, -0.2) is 8.78 Å². The van der Waals surface area contributed by atoms with Crippen molar-refractivity contribution in [1.82, 2.24) is 4.98 Å². The maximum Gasteiger partial charge on any atom is 0.265 e. The first-order valence-electron chi connectivity index (χ1n) is 7.72. The van der Waals surface area contributed by atoms with E-state index in [1.54, 1.807) is 19.9 Å². The molecule has 0 bridgehead atoms. The normalized spacial score (nSPS) is 11.8. The summed E-state index contributed by atoms with van der Waals surface area (Å²) in [6, 6.07) is 3.19. The van der Waals surface area contributed by atoms with Crippen LogP contribution in [0.25, 0.3) is 17.3 Å². The van der Waals surface area contributed by atoms with E-state index in [1.807, 2.05) is 0 Å². The molecule has 0 saturated heterocycles. The minimum atomic E-state index is -2.90. The van der Waals surface area contributed by atoms with Crippen LogP contribution < -0.4 is 11.5 Å². The average molecular weight is 362 g/mol. The standard InChI is InChI=1S/C18H20F2N4O2/c1-7-4-5-12(25)8(2)13(7)16-15(22)14(18(23)26)11(24-16)6-10(9(3)21)17(19)20/h4-6,17,21,24-25H,22H2,1-3H3,(H2,23,26)/b10-6+,21-9?. The Kier molecular flexibility index (Phi) is 5.15. The van der Waals surface area contributed by atoms with Gasteiger partial charge in [0.1, 0.15) is 5.75 Å². The number of phenols is 1. The molecule has 7 N–H and O–H groups in total. The number of aromatic hydroxyl groups is 1. The number of benzene rings is 1. The Morgan fingerprint density at radius 2 is 1.96 bits per heavy atom. The molecule has 1 heterocycles. The van der Waals surface area contributed by atoms with Crippen LogP contribution in [0.15, 0.2) is 17.7 Å². The second-order valence-corrected chi connectivity index (χ2v) is 5.99. The number of nitrogens with one attached hydrogen (secondary N) is 2. The van der Waals surface area contributed by atoms with Crippen molar-refractivity contribution in [3.05, 3.63) is 40.1 Å². The summed E-state index contributed by atoms with van der Waals surface area (Å²) < 4.78 is 26.4. The van der Waals surface area contributed by atoms with Crippen molar-refractivity contribution in [2.24, 2.45) is 5.73 Å². The molecule has 1 aromatic carbocycles. The average Bonchev–Trinajstić information content (AvgIpc) is 2.85. The van der Waals surface area contributed by atoms with Gasteiger partial charge >= 0.3 is 0 Å². The largest absolute Gasteiger partial charge is 0.508 e. The highest BCUT2D eigenvalue weighted by Gasteiger charge is 2.24. The molecule has 2 aromatic rings. The number of hydrogen-bond acceptors (Lipinski definition) is 4. The fourth-order valence-electron chi connectivity index (χ4n) is 2.82. The summed E-state index contributed by atoms with van der Waals surface area (Å²) in [5.41, 5.74) is 12.5. The number of anilines is 1. The van der Waals surface area contributed by atoms with Crippen molar-refractivity contribution < 1.29 is 18.7 Å². The van der Waals surface area contributed by atoms with E-state index in [0.717, 1.165) is 11.6 Å². The van der Waals surface area contributed by atoms with Crippen molar-refractivity contribution in [2.45, 2.75) is 27.2 Å². The number of rotatable bonds is 5. The van der Waals surface area contributed by atoms with Crippen LogP contribution in [-0.2, 0) is 0 Å². The van der Waals surface area contributed by atoms with Gasteiger partial charge in [-0.2, -0.15) is 0 Å². The summed E-state index contributed by atoms with van der Waals surface area (Å²) in [5, 5.41) is 17.5. The van der Waals surface area contributed by atoms with Gasteiger partial charge in [-0.15, -0.1) is 0 Å². The highest BCUT2D eigenvalue weighted by atomic mass is 19.3. The van der Waals surface area contributed by atoms with E-state index in [-0.39, 0.29) is 28.4 Å². The SMILES string of the molecule is CC(=N)/C(=C\c1[nH]c(-c2c(C)ccc(O)c2C)c(N)c1C(N)=O)C(F)F. The van der Waals surface area contributed by atoms with Gasteiger partial charge in [-0.3, -0.25) is 4.79 Å². The zero-order chi connectivity index (χ0) is 19.8. The second kappa shape index (κ2) is 6.99. The number of aryl methyl sites for hydroxylation is 1. The van der Waals surface area contributed by atoms with Gasteiger partial charge in [0.2, 0.25) is 0 Å². The first kappa shape index (κ1) is 19.2. The quantitative estimate of drug-likeness (QED) is 0.523. The third kappa shape index (κ3) is 3.30. The molecule has 138 valence electrons. The summed E-state index contributed by atoms with van der Waals surface area (Å²) in [4.78, 5) is 14.7. The Balaban J connectivity index is 2.82. The number of nitrogen functional groups attached to an aromatic ring is 1. The second-order valence-electron chi connectivity index (χ2n) is 5.99. The Morgan fingerprint density at radius 3 is 2.46 bits per heavy atom. The highest BCUT2D eigenvalue weighted by molar-refractivity contribution is 6.07. The monoisotopic (exact) mass is 362 g/mol. The minimum Gasteiger partial charge on any atom is -0.508 e. The fraction of sp³-hybridized carbons (Fsp3) is 0.222. The number of carbonyl (C=O) groups is 1. The molecule has 0 fully saturated rings. The first-order chi connectivity index (χ1) is 12.1. The number of phenolic OH excluding ortho intramolecular Hbond substituents is 1. The third-order valence-corrected chi connectivity index (χ3v) is 4.18. The molecule has 1 amide bonds. The lowest BCUT2D eigenvalue weighted by Crippen LogP contribution is -2.14. The lowest BCUT2D eigenvalue weighted by Gasteiger charge is -2.11. The number of amides is 1. The van der Waals surface area contributed by atoms with Crippen LogP contribution in [0.2, 0.25) is 0 Å². The molecule has 0 spiro atoms. The number of halogens is 2. The fourth-order valence-corrected chi connectivity index (χ4v) is 2.82. The van der Waals surface area contributed by atoms with Gasteiger partial charge in [0.15, 0.2) is 0 Å². The van der Waals surface area contributed by atoms with Crippen LogP contribution in [0.5, 0.6) is 5.75 Å². The molecule has 0 unspecified atom stereocenters. The summed E-state index contributed by atoms with van der Waals surface area (Å²) in [6.45, 7) is 4.68. The van der Waals surface area contributed by atoms with Gasteiger partial charge in [-0.05, 0) is 38.5 Å². The van der Waals surface area contributed by atoms with Crippen molar-refractivity contribution in [3.63, 3.8) is 0 Å². The van der Waals surface area contributed by atoms with E-state index in [2.05, 4.69) is 4.98 Å². The van der Waals surface area contributed by atoms with Gasteiger partial charge < -0.3 is 27.0 Å². The van der Waals surface area contributed by atoms with Gasteiger partial charge in [0.05, 0.1) is 22.6 Å². The molecule has 26 heavy (non-hydrogen) atoms. The number of allylic oxidation sites excluding steroid dienone is 1. The molecular weight excluding hydrogens is 342 g/mol. The van der Waals surface area contributed by atoms with Crippen LogP contribution in [0.4, 0.5) is 14.5 Å². The molecule has 6 nitrogen and oxygen atoms in total. The molecule has 1 aromatic heterocycles. The smallest absolute Gasteiger partial charge is 0.265 e. The molecule has 8 heteroatoms. The predicted octanol–water partition coefficient (Wildman–Crippen LogP) is 3.37. The van der Waals surface area contributed by atoms with E-state index in [1.165, 1.54) is 13.0 Å². The number of aromatic amines is 1. The van der Waals surface area contributed by atoms with Crippen LogP contribution in [0.3, 0.4) is 0 Å². The number of nitrogens with two attached hydrogens (primary N) is 2. The molecular formula is C18H20F2N4O2. The lowest BCUT2D eigenvalue weighted by molar-refractivity contribution is 0.100. The Hall–Kier alpha value is -3.16. The first-order valence-corrected chi connectivity index (χ1v) is 7.72. The molecule has 0 atom stereocenters. The summed E-state index contributed by atoms with van der Waals surface area (Å²) in [5.74, 6) is -0.858. The number of aromatic nitrogens is 1. The number of alkyl halides is 2. The molecule has 0 aliphatic rings. The van der Waals surface area contributed by atoms with Crippen LogP contribution in [-0.4, -0.2) is 28.1 Å². The van der Waals surface area contributed by atoms with Gasteiger partial charge in [0, 0.05) is 22.4 Å². The van der Waals surface area contributed by atoms with Crippen LogP contribution >= 0.6 is 0 Å². The van der Waals surface area contributed by atoms with Crippen LogP contribution in [0, 0.1) is 19.3 Å². The maximum absolute atomic E-state index is 13.2. The van der Waals surface area contributed by atoms with Gasteiger partial charge in [-0.1, -0.05) is 6.07 Å². The van der Waals surface area contributed by atoms with E-state index in [4.69, 9.17) is 16.9 Å². The van der Waals surface area contributed by atoms with E-state index < -0.39 is 17.9 Å². The van der Waals surface area contributed by atoms with Crippen molar-refractivity contribution in [2.75, 3.05) is 5.73 Å². The molecule has 2 rings (SSSR count). The Bertz CT molecular complexity index is 930. The van der Waals surface area contributed by atoms with Crippen molar-refractivity contribution in [1.29, 1.82) is 5.41 Å². The molecule has 0 saturated carbocycles. The topological polar surface area (TPSA) is 129 Å². The number of hydrogen-bond donors (Lipinski definition) is 5. The third-order valence-electron chi connectivity index (χ3n) is 4.18. The Labute approximate surface area is 149 Å². The van der Waals surface area contributed by atoms with Crippen molar-refractivity contribution >= 4 is 23.4 Å². The number of carbonyl (C=O) groups excluding carboxylic acids is 1. The molecule has 0 aliphatic carbocycles. The Morgan fingerprint density at radius 1 is 1.35 bits per heavy atom. The number of H-pyrrole nitrogens is 1. The summed E-state index contributed by atoms with van der Waals surface area (Å²) in [6.07, 6.45) is -1.90. The zero-order valence-electron chi connectivity index (χ0n) is 14.6. The summed E-state index contributed by atoms with van der Waals surface area (Å²) in [7, 11) is 0. The maximum atomic E-state index is 13.2. The van der Waals surface area contributed by atoms with E-state index in [0.29, 0.717) is 16.8 Å². The minimum absolute atomic E-state index is 0.00296. The van der Waals surface area contributed by atoms with Crippen LogP contribution in [0.1, 0.15) is 34.1 Å². The zero-order valence-corrected chi connectivity index (χ0v) is 14.6. The molecule has 0 radical (unpaired) electrons. The molecule has 0 aliphatic heterocycles. The van der Waals surface area contributed by atoms with E-state index >= 15 is 0 Å². The lowest BCUT2D eigenvalue weighted by atomic mass is 9.98. The highest BCUT2D eigenvalue weighted by Crippen LogP contribution is 2.38. The predicted molar refractivity (Wildman–Crippen MR) is 97.7 cm³/mol. The van der Waals surface area contributed by atoms with Gasteiger partial charge in [0.25, 0.3) is 12.3 Å².